The summed E-state index contributed by atoms with van der Waals surface area (Å²) in [4.78, 5) is 17.5. The van der Waals surface area contributed by atoms with Crippen LogP contribution in [-0.2, 0) is 4.79 Å². The average Bonchev–Trinajstić information content (AvgIpc) is 2.22. The van der Waals surface area contributed by atoms with E-state index < -0.39 is 0 Å². The maximum Gasteiger partial charge on any atom is 0.266 e. The summed E-state index contributed by atoms with van der Waals surface area (Å²) < 4.78 is 0.445. The number of hydrogen-bond acceptors (Lipinski definition) is 4. The monoisotopic (exact) mass is 298 g/mol. The Bertz CT molecular complexity index is 458. The lowest BCUT2D eigenvalue weighted by molar-refractivity contribution is -0.122. The van der Waals surface area contributed by atoms with Crippen molar-refractivity contribution in [3.8, 4) is 0 Å². The maximum absolute atomic E-state index is 11.9. The highest BCUT2D eigenvalue weighted by atomic mass is 79.9. The van der Waals surface area contributed by atoms with Gasteiger partial charge in [-0.3, -0.25) is 9.69 Å². The largest absolute Gasteiger partial charge is 0.402 e. The second-order valence-electron chi connectivity index (χ2n) is 3.57. The highest BCUT2D eigenvalue weighted by molar-refractivity contribution is 9.12. The van der Waals surface area contributed by atoms with E-state index in [1.807, 2.05) is 6.92 Å². The molecule has 0 spiro atoms. The molecule has 6 heteroatoms. The van der Waals surface area contributed by atoms with Gasteiger partial charge < -0.3 is 11.5 Å². The summed E-state index contributed by atoms with van der Waals surface area (Å²) in [5.41, 5.74) is 12.5. The van der Waals surface area contributed by atoms with E-state index >= 15 is 0 Å². The molecule has 92 valence electrons. The molecule has 0 radical (unpaired) electrons. The Morgan fingerprint density at radius 1 is 1.59 bits per heavy atom. The molecule has 17 heavy (non-hydrogen) atoms. The number of carbonyl (C=O) groups is 1. The molecule has 0 aromatic rings. The molecule has 1 rings (SSSR count). The van der Waals surface area contributed by atoms with Crippen molar-refractivity contribution < 1.29 is 4.79 Å². The van der Waals surface area contributed by atoms with Gasteiger partial charge in [0.05, 0.1) is 4.48 Å². The minimum Gasteiger partial charge on any atom is -0.402 e. The third-order valence-corrected chi connectivity index (χ3v) is 2.78. The van der Waals surface area contributed by atoms with Crippen molar-refractivity contribution in [3.05, 3.63) is 34.2 Å². The van der Waals surface area contributed by atoms with Crippen LogP contribution < -0.4 is 11.5 Å². The van der Waals surface area contributed by atoms with Gasteiger partial charge in [-0.15, -0.1) is 0 Å². The van der Waals surface area contributed by atoms with Crippen molar-refractivity contribution in [2.24, 2.45) is 16.5 Å². The zero-order valence-electron chi connectivity index (χ0n) is 9.83. The molecule has 4 N–H and O–H groups in total. The summed E-state index contributed by atoms with van der Waals surface area (Å²) in [6.07, 6.45) is 1.64. The van der Waals surface area contributed by atoms with Crippen molar-refractivity contribution in [2.45, 2.75) is 13.8 Å². The Hall–Kier alpha value is -1.56. The molecule has 0 saturated carbocycles. The molecular formula is C11H15BrN4O. The van der Waals surface area contributed by atoms with Gasteiger partial charge in [0.25, 0.3) is 5.91 Å². The van der Waals surface area contributed by atoms with E-state index in [1.54, 1.807) is 13.0 Å². The van der Waals surface area contributed by atoms with Crippen molar-refractivity contribution in [2.75, 3.05) is 6.54 Å². The molecular weight excluding hydrogens is 284 g/mol. The van der Waals surface area contributed by atoms with Gasteiger partial charge in [-0.1, -0.05) is 6.58 Å². The Morgan fingerprint density at radius 3 is 2.59 bits per heavy atom. The molecule has 0 fully saturated rings. The van der Waals surface area contributed by atoms with Gasteiger partial charge in [0.2, 0.25) is 0 Å². The second kappa shape index (κ2) is 5.18. The van der Waals surface area contributed by atoms with Gasteiger partial charge in [0.15, 0.2) is 0 Å². The summed E-state index contributed by atoms with van der Waals surface area (Å²) in [5, 5.41) is 0. The second-order valence-corrected chi connectivity index (χ2v) is 4.42. The number of rotatable bonds is 2. The SMILES string of the molecule is C=C(N)/N=C1\C(=C(\C)N)C=C(Br)C(=O)N1CC. The first kappa shape index (κ1) is 13.5. The van der Waals surface area contributed by atoms with E-state index in [4.69, 9.17) is 11.5 Å². The van der Waals surface area contributed by atoms with Crippen LogP contribution in [0.25, 0.3) is 0 Å². The van der Waals surface area contributed by atoms with E-state index in [-0.39, 0.29) is 11.7 Å². The number of amidine groups is 1. The van der Waals surface area contributed by atoms with E-state index in [0.717, 1.165) is 0 Å². The van der Waals surface area contributed by atoms with Gasteiger partial charge in [-0.2, -0.15) is 0 Å². The summed E-state index contributed by atoms with van der Waals surface area (Å²) in [6, 6.07) is 0. The molecule has 0 aliphatic carbocycles. The Kier molecular flexibility index (Phi) is 4.11. The summed E-state index contributed by atoms with van der Waals surface area (Å²) >= 11 is 3.21. The molecule has 0 aromatic carbocycles. The molecule has 1 amide bonds. The number of likely N-dealkylation sites (N-methyl/N-ethyl adjacent to an activating group) is 1. The van der Waals surface area contributed by atoms with Crippen LogP contribution in [0.15, 0.2) is 39.2 Å². The number of nitrogens with two attached hydrogens (primary N) is 2. The number of halogens is 1. The number of allylic oxidation sites excluding steroid dienone is 1. The molecule has 1 aliphatic heterocycles. The Labute approximate surface area is 109 Å². The van der Waals surface area contributed by atoms with Gasteiger partial charge in [0.1, 0.15) is 11.7 Å². The first-order valence-corrected chi connectivity index (χ1v) is 5.86. The molecule has 1 aliphatic rings. The van der Waals surface area contributed by atoms with Crippen LogP contribution >= 0.6 is 15.9 Å². The van der Waals surface area contributed by atoms with E-state index in [0.29, 0.717) is 28.1 Å². The fourth-order valence-corrected chi connectivity index (χ4v) is 1.91. The smallest absolute Gasteiger partial charge is 0.266 e. The van der Waals surface area contributed by atoms with Crippen LogP contribution in [0.4, 0.5) is 0 Å². The quantitative estimate of drug-likeness (QED) is 0.803. The summed E-state index contributed by atoms with van der Waals surface area (Å²) in [7, 11) is 0. The Morgan fingerprint density at radius 2 is 2.18 bits per heavy atom. The zero-order valence-corrected chi connectivity index (χ0v) is 11.4. The fourth-order valence-electron chi connectivity index (χ4n) is 1.46. The fraction of sp³-hybridized carbons (Fsp3) is 0.273. The predicted molar refractivity (Wildman–Crippen MR) is 72.0 cm³/mol. The van der Waals surface area contributed by atoms with Crippen LogP contribution in [0.2, 0.25) is 0 Å². The summed E-state index contributed by atoms with van der Waals surface area (Å²) in [5.74, 6) is 0.405. The molecule has 0 saturated heterocycles. The average molecular weight is 299 g/mol. The molecule has 1 heterocycles. The third kappa shape index (κ3) is 2.76. The predicted octanol–water partition coefficient (Wildman–Crippen LogP) is 1.19. The minimum atomic E-state index is -0.169. The van der Waals surface area contributed by atoms with E-state index in [1.165, 1.54) is 4.90 Å². The number of nitrogens with zero attached hydrogens (tertiary/aromatic N) is 2. The number of hydrogen-bond donors (Lipinski definition) is 2. The van der Waals surface area contributed by atoms with Crippen molar-refractivity contribution in [1.29, 1.82) is 0 Å². The van der Waals surface area contributed by atoms with Crippen LogP contribution in [0.3, 0.4) is 0 Å². The first-order chi connectivity index (χ1) is 7.88. The Balaban J connectivity index is 3.44. The molecule has 0 atom stereocenters. The lowest BCUT2D eigenvalue weighted by Crippen LogP contribution is -2.41. The topological polar surface area (TPSA) is 84.7 Å². The van der Waals surface area contributed by atoms with Crippen LogP contribution in [0.1, 0.15) is 13.8 Å². The normalized spacial score (nSPS) is 21.6. The highest BCUT2D eigenvalue weighted by Crippen LogP contribution is 2.24. The van der Waals surface area contributed by atoms with E-state index in [2.05, 4.69) is 27.5 Å². The van der Waals surface area contributed by atoms with Crippen LogP contribution in [0, 0.1) is 0 Å². The maximum atomic E-state index is 11.9. The lowest BCUT2D eigenvalue weighted by atomic mass is 10.1. The van der Waals surface area contributed by atoms with E-state index in [9.17, 15) is 4.79 Å². The van der Waals surface area contributed by atoms with Crippen molar-refractivity contribution in [3.63, 3.8) is 0 Å². The number of aliphatic imine (C=N–C) groups is 1. The van der Waals surface area contributed by atoms with Crippen LogP contribution in [0.5, 0.6) is 0 Å². The van der Waals surface area contributed by atoms with Gasteiger partial charge >= 0.3 is 0 Å². The molecule has 5 nitrogen and oxygen atoms in total. The minimum absolute atomic E-state index is 0.136. The zero-order chi connectivity index (χ0) is 13.2. The van der Waals surface area contributed by atoms with Gasteiger partial charge in [-0.05, 0) is 35.9 Å². The highest BCUT2D eigenvalue weighted by Gasteiger charge is 2.28. The standard InChI is InChI=1S/C11H15BrN4O/c1-4-16-10(15-7(3)14)8(6(2)13)5-9(12)11(16)17/h5H,3-4,13-14H2,1-2H3/b8-6-,15-10+. The molecule has 0 unspecified atom stereocenters. The van der Waals surface area contributed by atoms with Crippen LogP contribution in [-0.4, -0.2) is 23.2 Å². The third-order valence-electron chi connectivity index (χ3n) is 2.21. The number of amides is 1. The van der Waals surface area contributed by atoms with Gasteiger partial charge in [-0.25, -0.2) is 4.99 Å². The van der Waals surface area contributed by atoms with Crippen molar-refractivity contribution >= 4 is 27.7 Å². The van der Waals surface area contributed by atoms with Gasteiger partial charge in [0, 0.05) is 17.8 Å². The molecule has 0 aromatic heterocycles. The lowest BCUT2D eigenvalue weighted by Gasteiger charge is -2.27. The van der Waals surface area contributed by atoms with Crippen molar-refractivity contribution in [1.82, 2.24) is 4.90 Å². The molecule has 0 bridgehead atoms. The summed E-state index contributed by atoms with van der Waals surface area (Å²) in [6.45, 7) is 7.58. The first-order valence-electron chi connectivity index (χ1n) is 5.07. The number of carbonyl (C=O) groups excluding carboxylic acids is 1.